The Morgan fingerprint density at radius 2 is 2.00 bits per heavy atom. The van der Waals surface area contributed by atoms with Crippen molar-refractivity contribution in [3.8, 4) is 17.1 Å². The van der Waals surface area contributed by atoms with E-state index in [1.807, 2.05) is 30.3 Å². The standard InChI is InChI=1S/C18H20N4O2S/c1-12(2)22-17(13-6-8-14(24-3)9-7-13)20-21-18(22)25-11-16(23)15-5-4-10-19-15/h4-10,12,19H,11H2,1-3H3. The van der Waals surface area contributed by atoms with Crippen LogP contribution < -0.4 is 4.74 Å². The summed E-state index contributed by atoms with van der Waals surface area (Å²) in [7, 11) is 1.64. The van der Waals surface area contributed by atoms with Crippen LogP contribution in [0.25, 0.3) is 11.4 Å². The van der Waals surface area contributed by atoms with E-state index in [1.165, 1.54) is 11.8 Å². The molecule has 2 heterocycles. The van der Waals surface area contributed by atoms with E-state index in [0.29, 0.717) is 11.4 Å². The summed E-state index contributed by atoms with van der Waals surface area (Å²) in [6.07, 6.45) is 1.75. The summed E-state index contributed by atoms with van der Waals surface area (Å²) in [4.78, 5) is 15.1. The Bertz CT molecular complexity index is 839. The summed E-state index contributed by atoms with van der Waals surface area (Å²) in [6, 6.07) is 11.5. The van der Waals surface area contributed by atoms with E-state index in [-0.39, 0.29) is 11.8 Å². The predicted octanol–water partition coefficient (Wildman–Crippen LogP) is 3.84. The van der Waals surface area contributed by atoms with Crippen LogP contribution in [0.15, 0.2) is 47.8 Å². The zero-order valence-electron chi connectivity index (χ0n) is 14.4. The fourth-order valence-corrected chi connectivity index (χ4v) is 3.44. The third kappa shape index (κ3) is 3.76. The normalized spacial score (nSPS) is 11.0. The Kier molecular flexibility index (Phi) is 5.23. The predicted molar refractivity (Wildman–Crippen MR) is 98.2 cm³/mol. The highest BCUT2D eigenvalue weighted by atomic mass is 32.2. The van der Waals surface area contributed by atoms with Gasteiger partial charge in [-0.1, -0.05) is 11.8 Å². The maximum absolute atomic E-state index is 12.2. The molecule has 0 aliphatic carbocycles. The monoisotopic (exact) mass is 356 g/mol. The lowest BCUT2D eigenvalue weighted by molar-refractivity contribution is 0.101. The van der Waals surface area contributed by atoms with Crippen LogP contribution in [-0.4, -0.2) is 38.4 Å². The van der Waals surface area contributed by atoms with Crippen molar-refractivity contribution in [3.05, 3.63) is 48.3 Å². The van der Waals surface area contributed by atoms with E-state index in [4.69, 9.17) is 4.74 Å². The van der Waals surface area contributed by atoms with Crippen molar-refractivity contribution in [2.75, 3.05) is 12.9 Å². The quantitative estimate of drug-likeness (QED) is 0.514. The molecule has 25 heavy (non-hydrogen) atoms. The smallest absolute Gasteiger partial charge is 0.192 e. The largest absolute Gasteiger partial charge is 0.497 e. The van der Waals surface area contributed by atoms with Crippen LogP contribution in [0.2, 0.25) is 0 Å². The number of aromatic nitrogens is 4. The number of methoxy groups -OCH3 is 1. The number of aromatic amines is 1. The van der Waals surface area contributed by atoms with E-state index in [9.17, 15) is 4.79 Å². The lowest BCUT2D eigenvalue weighted by Crippen LogP contribution is -2.08. The van der Waals surface area contributed by atoms with Gasteiger partial charge in [-0.15, -0.1) is 10.2 Å². The van der Waals surface area contributed by atoms with Crippen molar-refractivity contribution in [3.63, 3.8) is 0 Å². The number of carbonyl (C=O) groups is 1. The number of hydrogen-bond donors (Lipinski definition) is 1. The van der Waals surface area contributed by atoms with E-state index in [0.717, 1.165) is 22.3 Å². The van der Waals surface area contributed by atoms with Crippen molar-refractivity contribution >= 4 is 17.5 Å². The van der Waals surface area contributed by atoms with E-state index in [2.05, 4.69) is 33.6 Å². The second-order valence-corrected chi connectivity index (χ2v) is 6.74. The Labute approximate surface area is 150 Å². The topological polar surface area (TPSA) is 72.8 Å². The summed E-state index contributed by atoms with van der Waals surface area (Å²) in [6.45, 7) is 4.15. The molecule has 1 aromatic carbocycles. The van der Waals surface area contributed by atoms with Crippen LogP contribution in [0.3, 0.4) is 0 Å². The minimum Gasteiger partial charge on any atom is -0.497 e. The van der Waals surface area contributed by atoms with Gasteiger partial charge >= 0.3 is 0 Å². The number of benzene rings is 1. The van der Waals surface area contributed by atoms with Gasteiger partial charge in [0.05, 0.1) is 18.6 Å². The van der Waals surface area contributed by atoms with Crippen molar-refractivity contribution in [1.82, 2.24) is 19.7 Å². The molecule has 0 fully saturated rings. The molecule has 0 aliphatic heterocycles. The van der Waals surface area contributed by atoms with E-state index in [1.54, 1.807) is 19.4 Å². The van der Waals surface area contributed by atoms with Gasteiger partial charge in [0.2, 0.25) is 0 Å². The molecule has 6 nitrogen and oxygen atoms in total. The van der Waals surface area contributed by atoms with Crippen molar-refractivity contribution < 1.29 is 9.53 Å². The molecule has 130 valence electrons. The first kappa shape index (κ1) is 17.3. The fourth-order valence-electron chi connectivity index (χ4n) is 2.49. The average molecular weight is 356 g/mol. The van der Waals surface area contributed by atoms with Crippen molar-refractivity contribution in [2.24, 2.45) is 0 Å². The van der Waals surface area contributed by atoms with Crippen LogP contribution in [0.1, 0.15) is 30.4 Å². The second-order valence-electron chi connectivity index (χ2n) is 5.79. The summed E-state index contributed by atoms with van der Waals surface area (Å²) >= 11 is 1.40. The van der Waals surface area contributed by atoms with Gasteiger partial charge in [-0.2, -0.15) is 0 Å². The van der Waals surface area contributed by atoms with Gasteiger partial charge in [-0.25, -0.2) is 0 Å². The van der Waals surface area contributed by atoms with Crippen molar-refractivity contribution in [1.29, 1.82) is 0 Å². The summed E-state index contributed by atoms with van der Waals surface area (Å²) in [5.41, 5.74) is 1.57. The molecule has 0 radical (unpaired) electrons. The minimum atomic E-state index is 0.0410. The van der Waals surface area contributed by atoms with Gasteiger partial charge in [0.1, 0.15) is 5.75 Å². The molecule has 0 aliphatic rings. The van der Waals surface area contributed by atoms with Crippen LogP contribution >= 0.6 is 11.8 Å². The lowest BCUT2D eigenvalue weighted by Gasteiger charge is -2.13. The van der Waals surface area contributed by atoms with Gasteiger partial charge in [0.15, 0.2) is 16.8 Å². The Hall–Kier alpha value is -2.54. The summed E-state index contributed by atoms with van der Waals surface area (Å²) in [5.74, 6) is 1.94. The molecule has 0 spiro atoms. The number of Topliss-reactive ketones (excluding diaryl/α,β-unsaturated/α-hetero) is 1. The molecule has 0 saturated heterocycles. The molecular formula is C18H20N4O2S. The average Bonchev–Trinajstić information content (AvgIpc) is 3.29. The highest BCUT2D eigenvalue weighted by molar-refractivity contribution is 7.99. The lowest BCUT2D eigenvalue weighted by atomic mass is 10.2. The van der Waals surface area contributed by atoms with E-state index >= 15 is 0 Å². The molecule has 3 aromatic rings. The number of hydrogen-bond acceptors (Lipinski definition) is 5. The van der Waals surface area contributed by atoms with Crippen LogP contribution in [0.4, 0.5) is 0 Å². The molecule has 0 amide bonds. The van der Waals surface area contributed by atoms with Crippen LogP contribution in [0, 0.1) is 0 Å². The third-order valence-electron chi connectivity index (χ3n) is 3.76. The number of ketones is 1. The number of nitrogens with one attached hydrogen (secondary N) is 1. The zero-order valence-corrected chi connectivity index (χ0v) is 15.2. The maximum Gasteiger partial charge on any atom is 0.192 e. The zero-order chi connectivity index (χ0) is 17.8. The summed E-state index contributed by atoms with van der Waals surface area (Å²) < 4.78 is 7.25. The fraction of sp³-hybridized carbons (Fsp3) is 0.278. The van der Waals surface area contributed by atoms with E-state index < -0.39 is 0 Å². The number of nitrogens with zero attached hydrogens (tertiary/aromatic N) is 3. The number of H-pyrrole nitrogens is 1. The minimum absolute atomic E-state index is 0.0410. The SMILES string of the molecule is COc1ccc(-c2nnc(SCC(=O)c3ccc[nH]3)n2C(C)C)cc1. The number of ether oxygens (including phenoxy) is 1. The van der Waals surface area contributed by atoms with Gasteiger partial charge < -0.3 is 9.72 Å². The molecule has 0 saturated carbocycles. The Morgan fingerprint density at radius 1 is 1.24 bits per heavy atom. The molecule has 0 atom stereocenters. The second kappa shape index (κ2) is 7.57. The van der Waals surface area contributed by atoms with Gasteiger partial charge in [-0.3, -0.25) is 9.36 Å². The number of carbonyl (C=O) groups excluding carboxylic acids is 1. The maximum atomic E-state index is 12.2. The first-order valence-corrected chi connectivity index (χ1v) is 8.97. The number of thioether (sulfide) groups is 1. The molecule has 7 heteroatoms. The first-order chi connectivity index (χ1) is 12.1. The summed E-state index contributed by atoms with van der Waals surface area (Å²) in [5, 5.41) is 9.36. The third-order valence-corrected chi connectivity index (χ3v) is 4.70. The van der Waals surface area contributed by atoms with Crippen LogP contribution in [-0.2, 0) is 0 Å². The highest BCUT2D eigenvalue weighted by Crippen LogP contribution is 2.29. The Balaban J connectivity index is 1.83. The number of rotatable bonds is 7. The molecule has 1 N–H and O–H groups in total. The first-order valence-electron chi connectivity index (χ1n) is 7.99. The molecule has 2 aromatic heterocycles. The molecule has 0 unspecified atom stereocenters. The highest BCUT2D eigenvalue weighted by Gasteiger charge is 2.18. The van der Waals surface area contributed by atoms with Gasteiger partial charge in [0, 0.05) is 17.8 Å². The van der Waals surface area contributed by atoms with Crippen LogP contribution in [0.5, 0.6) is 5.75 Å². The van der Waals surface area contributed by atoms with Crippen molar-refractivity contribution in [2.45, 2.75) is 25.0 Å². The Morgan fingerprint density at radius 3 is 2.60 bits per heavy atom. The molecular weight excluding hydrogens is 336 g/mol. The molecule has 0 bridgehead atoms. The molecule has 3 rings (SSSR count). The van der Waals surface area contributed by atoms with Gasteiger partial charge in [-0.05, 0) is 50.2 Å². The van der Waals surface area contributed by atoms with Gasteiger partial charge in [0.25, 0.3) is 0 Å².